The van der Waals surface area contributed by atoms with Crippen molar-refractivity contribution in [3.63, 3.8) is 0 Å². The Hall–Kier alpha value is -0.260. The van der Waals surface area contributed by atoms with Crippen molar-refractivity contribution in [1.82, 2.24) is 0 Å². The lowest BCUT2D eigenvalue weighted by atomic mass is 9.72. The van der Waals surface area contributed by atoms with Crippen LogP contribution in [0, 0.1) is 28.6 Å². The molecule has 0 aliphatic heterocycles. The van der Waals surface area contributed by atoms with Crippen molar-refractivity contribution in [2.45, 2.75) is 74.1 Å². The van der Waals surface area contributed by atoms with Crippen molar-refractivity contribution in [2.75, 3.05) is 0 Å². The Morgan fingerprint density at radius 2 is 1.78 bits per heavy atom. The largest absolute Gasteiger partial charge is 0.0846 e. The highest BCUT2D eigenvalue weighted by Crippen LogP contribution is 2.38. The minimum atomic E-state index is 0.439. The number of hydrogen-bond donors (Lipinski definition) is 0. The smallest absolute Gasteiger partial charge is 0.0175 e. The summed E-state index contributed by atoms with van der Waals surface area (Å²) < 4.78 is 0. The molecule has 1 aliphatic carbocycles. The van der Waals surface area contributed by atoms with Crippen LogP contribution in [0.4, 0.5) is 0 Å². The number of rotatable bonds is 4. The Labute approximate surface area is 115 Å². The minimum absolute atomic E-state index is 0.439. The highest BCUT2D eigenvalue weighted by Gasteiger charge is 2.26. The van der Waals surface area contributed by atoms with Crippen molar-refractivity contribution >= 4 is 0 Å². The summed E-state index contributed by atoms with van der Waals surface area (Å²) in [6, 6.07) is 0. The van der Waals surface area contributed by atoms with Gasteiger partial charge in [0.2, 0.25) is 0 Å². The summed E-state index contributed by atoms with van der Waals surface area (Å²) in [5.41, 5.74) is 0.902. The van der Waals surface area contributed by atoms with E-state index in [1.165, 1.54) is 25.7 Å². The second kappa shape index (κ2) is 5.80. The van der Waals surface area contributed by atoms with Crippen LogP contribution in [0.15, 0.2) is 12.2 Å². The van der Waals surface area contributed by atoms with E-state index in [0.717, 1.165) is 17.8 Å². The molecule has 0 saturated carbocycles. The lowest BCUT2D eigenvalue weighted by Gasteiger charge is -2.33. The van der Waals surface area contributed by atoms with Gasteiger partial charge < -0.3 is 0 Å². The van der Waals surface area contributed by atoms with E-state index in [4.69, 9.17) is 0 Å². The van der Waals surface area contributed by atoms with Crippen molar-refractivity contribution < 1.29 is 0 Å². The summed E-state index contributed by atoms with van der Waals surface area (Å²) in [5.74, 6) is 2.50. The summed E-state index contributed by atoms with van der Waals surface area (Å²) in [4.78, 5) is 0. The first kappa shape index (κ1) is 15.8. The lowest BCUT2D eigenvalue weighted by molar-refractivity contribution is 0.215. The number of hydrogen-bond acceptors (Lipinski definition) is 0. The normalized spacial score (nSPS) is 26.9. The quantitative estimate of drug-likeness (QED) is 0.531. The van der Waals surface area contributed by atoms with Gasteiger partial charge in [-0.05, 0) is 54.3 Å². The Morgan fingerprint density at radius 3 is 2.22 bits per heavy atom. The first-order valence-corrected chi connectivity index (χ1v) is 7.81. The molecule has 0 saturated heterocycles. The molecule has 0 spiro atoms. The third-order valence-electron chi connectivity index (χ3n) is 5.18. The summed E-state index contributed by atoms with van der Waals surface area (Å²) in [5, 5.41) is 0. The topological polar surface area (TPSA) is 0 Å². The molecule has 3 unspecified atom stereocenters. The fraction of sp³-hybridized carbons (Fsp3) is 0.889. The van der Waals surface area contributed by atoms with Crippen LogP contribution < -0.4 is 0 Å². The van der Waals surface area contributed by atoms with E-state index in [1.54, 1.807) is 0 Å². The van der Waals surface area contributed by atoms with Gasteiger partial charge >= 0.3 is 0 Å². The highest BCUT2D eigenvalue weighted by molar-refractivity contribution is 5.03. The minimum Gasteiger partial charge on any atom is -0.0846 e. The van der Waals surface area contributed by atoms with Gasteiger partial charge in [0.15, 0.2) is 0 Å². The van der Waals surface area contributed by atoms with Crippen LogP contribution >= 0.6 is 0 Å². The van der Waals surface area contributed by atoms with Gasteiger partial charge in [-0.1, -0.05) is 60.6 Å². The van der Waals surface area contributed by atoms with Gasteiger partial charge in [0.05, 0.1) is 0 Å². The van der Waals surface area contributed by atoms with Gasteiger partial charge in [-0.15, -0.1) is 0 Å². The SMILES string of the molecule is CC(CCC(C)C(C)(C)C)C1C=CC(C)(C)CC1. The van der Waals surface area contributed by atoms with Crippen LogP contribution in [0.5, 0.6) is 0 Å². The van der Waals surface area contributed by atoms with E-state index in [-0.39, 0.29) is 0 Å². The molecule has 0 nitrogen and oxygen atoms in total. The molecule has 0 bridgehead atoms. The Bertz CT molecular complexity index is 277. The van der Waals surface area contributed by atoms with Gasteiger partial charge in [0, 0.05) is 0 Å². The molecule has 1 aliphatic rings. The summed E-state index contributed by atoms with van der Waals surface area (Å²) in [6.07, 6.45) is 10.4. The molecule has 106 valence electrons. The average molecular weight is 250 g/mol. The van der Waals surface area contributed by atoms with E-state index in [2.05, 4.69) is 60.6 Å². The molecule has 0 aromatic carbocycles. The second-order valence-electron chi connectivity index (χ2n) is 8.37. The van der Waals surface area contributed by atoms with Crippen molar-refractivity contribution in [3.05, 3.63) is 12.2 Å². The molecule has 0 N–H and O–H groups in total. The van der Waals surface area contributed by atoms with Crippen molar-refractivity contribution in [2.24, 2.45) is 28.6 Å². The fourth-order valence-corrected chi connectivity index (χ4v) is 2.74. The summed E-state index contributed by atoms with van der Waals surface area (Å²) in [7, 11) is 0. The Kier molecular flexibility index (Phi) is 5.09. The maximum absolute atomic E-state index is 2.50. The van der Waals surface area contributed by atoms with Crippen LogP contribution in [-0.4, -0.2) is 0 Å². The third kappa shape index (κ3) is 4.78. The summed E-state index contributed by atoms with van der Waals surface area (Å²) in [6.45, 7) is 16.7. The van der Waals surface area contributed by atoms with Gasteiger partial charge in [-0.2, -0.15) is 0 Å². The highest BCUT2D eigenvalue weighted by atomic mass is 14.3. The lowest BCUT2D eigenvalue weighted by Crippen LogP contribution is -2.22. The second-order valence-corrected chi connectivity index (χ2v) is 8.37. The molecule has 0 heterocycles. The van der Waals surface area contributed by atoms with Crippen molar-refractivity contribution in [1.29, 1.82) is 0 Å². The predicted molar refractivity (Wildman–Crippen MR) is 82.7 cm³/mol. The zero-order chi connectivity index (χ0) is 14.0. The average Bonchev–Trinajstić information content (AvgIpc) is 2.24. The Balaban J connectivity index is 2.41. The van der Waals surface area contributed by atoms with E-state index in [9.17, 15) is 0 Å². The standard InChI is InChI=1S/C18H34/c1-14(8-9-15(2)17(3,4)5)16-10-12-18(6,7)13-11-16/h10,12,14-16H,8-9,11,13H2,1-7H3. The maximum atomic E-state index is 2.50. The number of allylic oxidation sites excluding steroid dienone is 2. The molecule has 1 rings (SSSR count). The van der Waals surface area contributed by atoms with Gasteiger partial charge in [-0.3, -0.25) is 0 Å². The zero-order valence-corrected chi connectivity index (χ0v) is 13.7. The van der Waals surface area contributed by atoms with Gasteiger partial charge in [0.25, 0.3) is 0 Å². The molecule has 18 heavy (non-hydrogen) atoms. The predicted octanol–water partition coefficient (Wildman–Crippen LogP) is 6.08. The monoisotopic (exact) mass is 250 g/mol. The zero-order valence-electron chi connectivity index (χ0n) is 13.7. The van der Waals surface area contributed by atoms with E-state index in [1.807, 2.05) is 0 Å². The molecule has 0 aromatic heterocycles. The Morgan fingerprint density at radius 1 is 1.17 bits per heavy atom. The van der Waals surface area contributed by atoms with Crippen LogP contribution in [0.2, 0.25) is 0 Å². The molecule has 0 fully saturated rings. The van der Waals surface area contributed by atoms with Gasteiger partial charge in [0.1, 0.15) is 0 Å². The summed E-state index contributed by atoms with van der Waals surface area (Å²) >= 11 is 0. The van der Waals surface area contributed by atoms with Crippen LogP contribution in [0.1, 0.15) is 74.1 Å². The molecule has 0 amide bonds. The van der Waals surface area contributed by atoms with E-state index in [0.29, 0.717) is 10.8 Å². The van der Waals surface area contributed by atoms with E-state index < -0.39 is 0 Å². The molecule has 0 heteroatoms. The maximum Gasteiger partial charge on any atom is -0.0175 e. The molecule has 3 atom stereocenters. The molecular weight excluding hydrogens is 216 g/mol. The van der Waals surface area contributed by atoms with Crippen LogP contribution in [-0.2, 0) is 0 Å². The first-order valence-electron chi connectivity index (χ1n) is 7.81. The fourth-order valence-electron chi connectivity index (χ4n) is 2.74. The van der Waals surface area contributed by atoms with Crippen LogP contribution in [0.3, 0.4) is 0 Å². The molecular formula is C18H34. The van der Waals surface area contributed by atoms with Gasteiger partial charge in [-0.25, -0.2) is 0 Å². The van der Waals surface area contributed by atoms with Crippen LogP contribution in [0.25, 0.3) is 0 Å². The third-order valence-corrected chi connectivity index (χ3v) is 5.18. The first-order chi connectivity index (χ1) is 8.12. The van der Waals surface area contributed by atoms with E-state index >= 15 is 0 Å². The molecule has 0 aromatic rings. The van der Waals surface area contributed by atoms with Crippen molar-refractivity contribution in [3.8, 4) is 0 Å². The molecule has 0 radical (unpaired) electrons.